The molecule has 0 saturated heterocycles. The summed E-state index contributed by atoms with van der Waals surface area (Å²) < 4.78 is 15.7. The Hall–Kier alpha value is -0.560. The molecule has 0 fully saturated rings. The molecule has 0 aromatic heterocycles. The normalized spacial score (nSPS) is 12.9. The molecule has 7 heteroatoms. The molecule has 2 aromatic carbocycles. The molecule has 2 aromatic rings. The molecule has 0 heterocycles. The molecule has 0 aliphatic carbocycles. The molecule has 0 amide bonds. The molecule has 0 radical (unpaired) electrons. The lowest BCUT2D eigenvalue weighted by Gasteiger charge is -2.40. The largest absolute Gasteiger partial charge is 0.857 e. The predicted octanol–water partition coefficient (Wildman–Crippen LogP) is 11.8. The first-order valence-corrected chi connectivity index (χ1v) is 33.1. The van der Waals surface area contributed by atoms with Gasteiger partial charge in [-0.3, -0.25) is 0 Å². The van der Waals surface area contributed by atoms with Crippen LogP contribution in [-0.4, -0.2) is 47.1 Å². The van der Waals surface area contributed by atoms with Crippen molar-refractivity contribution in [2.45, 2.75) is 189 Å². The Labute approximate surface area is 315 Å². The summed E-state index contributed by atoms with van der Waals surface area (Å²) in [7, 11) is -7.05. The SMILES string of the molecule is CC[Si](CC)(CC)c1cc(C)cc([Si](CC)(CC)CC)c1[O][Al]([CH2]C(C)C)[O]c1c([Si](CC)(CC)CC)cc(C)cc1[Si](CC)(CC)CC. The van der Waals surface area contributed by atoms with Gasteiger partial charge >= 0.3 is 14.8 Å². The zero-order chi connectivity index (χ0) is 37.2. The Kier molecular flexibility index (Phi) is 17.7. The van der Waals surface area contributed by atoms with E-state index in [9.17, 15) is 0 Å². The highest BCUT2D eigenvalue weighted by Gasteiger charge is 2.45. The lowest BCUT2D eigenvalue weighted by Crippen LogP contribution is -2.56. The molecule has 0 aliphatic heterocycles. The van der Waals surface area contributed by atoms with Gasteiger partial charge in [0.15, 0.2) is 0 Å². The summed E-state index contributed by atoms with van der Waals surface area (Å²) in [6.45, 7) is 39.1. The van der Waals surface area contributed by atoms with Crippen LogP contribution in [0.1, 0.15) is 108 Å². The molecule has 2 rings (SSSR count). The monoisotopic (exact) mass is 754 g/mol. The van der Waals surface area contributed by atoms with Crippen molar-refractivity contribution >= 4 is 67.9 Å². The van der Waals surface area contributed by atoms with Crippen LogP contribution in [0.15, 0.2) is 24.3 Å². The molecule has 49 heavy (non-hydrogen) atoms. The third-order valence-electron chi connectivity index (χ3n) is 14.0. The van der Waals surface area contributed by atoms with E-state index in [2.05, 4.69) is 135 Å². The Morgan fingerprint density at radius 2 is 0.633 bits per heavy atom. The van der Waals surface area contributed by atoms with Gasteiger partial charge in [-0.15, -0.1) is 0 Å². The molecule has 0 aliphatic rings. The topological polar surface area (TPSA) is 18.5 Å². The summed E-state index contributed by atoms with van der Waals surface area (Å²) in [5.74, 6) is 3.17. The van der Waals surface area contributed by atoms with Gasteiger partial charge < -0.3 is 7.58 Å². The Balaban J connectivity index is 3.13. The molecule has 0 unspecified atom stereocenters. The Morgan fingerprint density at radius 3 is 0.796 bits per heavy atom. The van der Waals surface area contributed by atoms with E-state index in [1.807, 2.05) is 0 Å². The minimum Gasteiger partial charge on any atom is -0.612 e. The molecule has 2 nitrogen and oxygen atoms in total. The van der Waals surface area contributed by atoms with E-state index in [0.29, 0.717) is 5.92 Å². The van der Waals surface area contributed by atoms with Crippen LogP contribution in [0.5, 0.6) is 11.5 Å². The smallest absolute Gasteiger partial charge is 0.612 e. The lowest BCUT2D eigenvalue weighted by atomic mass is 10.2. The van der Waals surface area contributed by atoms with Crippen molar-refractivity contribution in [2.75, 3.05) is 0 Å². The van der Waals surface area contributed by atoms with Crippen molar-refractivity contribution in [1.82, 2.24) is 0 Å². The molecule has 278 valence electrons. The van der Waals surface area contributed by atoms with Crippen molar-refractivity contribution in [3.8, 4) is 11.5 Å². The van der Waals surface area contributed by atoms with Crippen LogP contribution in [0.4, 0.5) is 0 Å². The third kappa shape index (κ3) is 9.15. The highest BCUT2D eigenvalue weighted by molar-refractivity contribution is 6.97. The summed E-state index contributed by atoms with van der Waals surface area (Å²) in [6.07, 6.45) is 0. The minimum absolute atomic E-state index is 0.526. The van der Waals surface area contributed by atoms with Crippen LogP contribution in [0.25, 0.3) is 0 Å². The maximum absolute atomic E-state index is 7.85. The van der Waals surface area contributed by atoms with Gasteiger partial charge in [-0.1, -0.05) is 211 Å². The van der Waals surface area contributed by atoms with E-state index in [0.717, 1.165) is 5.28 Å². The van der Waals surface area contributed by atoms with E-state index in [-0.39, 0.29) is 0 Å². The van der Waals surface area contributed by atoms with Crippen molar-refractivity contribution in [3.63, 3.8) is 0 Å². The van der Waals surface area contributed by atoms with E-state index in [1.165, 1.54) is 95.2 Å². The van der Waals surface area contributed by atoms with Crippen molar-refractivity contribution in [2.24, 2.45) is 5.92 Å². The minimum atomic E-state index is -2.22. The average Bonchev–Trinajstić information content (AvgIpc) is 3.11. The first-order valence-electron chi connectivity index (χ1n) is 20.9. The van der Waals surface area contributed by atoms with Gasteiger partial charge in [0.1, 0.15) is 0 Å². The number of rotatable bonds is 22. The molecule has 0 N–H and O–H groups in total. The van der Waals surface area contributed by atoms with Crippen LogP contribution < -0.4 is 28.3 Å². The van der Waals surface area contributed by atoms with Crippen LogP contribution in [0.2, 0.25) is 77.8 Å². The van der Waals surface area contributed by atoms with Gasteiger partial charge in [0.2, 0.25) is 0 Å². The van der Waals surface area contributed by atoms with Gasteiger partial charge in [-0.25, -0.2) is 0 Å². The summed E-state index contributed by atoms with van der Waals surface area (Å²) in [4.78, 5) is 0. The fourth-order valence-corrected chi connectivity index (χ4v) is 27.6. The molecular weight excluding hydrogens is 676 g/mol. The second kappa shape index (κ2) is 19.5. The highest BCUT2D eigenvalue weighted by atomic mass is 28.3. The third-order valence-corrected chi connectivity index (χ3v) is 38.7. The quantitative estimate of drug-likeness (QED) is 0.111. The van der Waals surface area contributed by atoms with Gasteiger partial charge in [0.25, 0.3) is 0 Å². The molecule has 0 atom stereocenters. The van der Waals surface area contributed by atoms with Crippen molar-refractivity contribution < 1.29 is 7.58 Å². The van der Waals surface area contributed by atoms with Crippen LogP contribution >= 0.6 is 0 Å². The van der Waals surface area contributed by atoms with Crippen LogP contribution in [-0.2, 0) is 0 Å². The summed E-state index contributed by atoms with van der Waals surface area (Å²) in [5.41, 5.74) is 2.88. The number of aryl methyl sites for hydroxylation is 2. The van der Waals surface area contributed by atoms with Crippen molar-refractivity contribution in [1.29, 1.82) is 0 Å². The second-order valence-electron chi connectivity index (χ2n) is 16.0. The lowest BCUT2D eigenvalue weighted by molar-refractivity contribution is 0.415. The summed E-state index contributed by atoms with van der Waals surface area (Å²) >= 11 is -2.22. The first kappa shape index (κ1) is 44.6. The standard InChI is InChI=1S/2C19H36OSi2.C4H9.Al/c2*1-8-21(9-2,10-3)17-14-16(7)15-18(19(17)20)22(11-4,12-5)13-6;1-4(2)3;/h2*14-15,20H,8-13H2,1-7H3;4H,1H2,2-3H3;/q;;;+2/p-2. The van der Waals surface area contributed by atoms with Gasteiger partial charge in [0, 0.05) is 0 Å². The second-order valence-corrected chi connectivity index (χ2v) is 38.7. The van der Waals surface area contributed by atoms with Crippen LogP contribution in [0, 0.1) is 19.8 Å². The van der Waals surface area contributed by atoms with E-state index in [4.69, 9.17) is 7.58 Å². The number of benzene rings is 2. The van der Waals surface area contributed by atoms with Crippen molar-refractivity contribution in [3.05, 3.63) is 35.4 Å². The maximum atomic E-state index is 7.85. The van der Waals surface area contributed by atoms with Crippen LogP contribution in [0.3, 0.4) is 0 Å². The molecule has 0 saturated carbocycles. The summed E-state index contributed by atoms with van der Waals surface area (Å²) in [5, 5.41) is 7.52. The molecular formula is C42H79AlO2Si4. The highest BCUT2D eigenvalue weighted by Crippen LogP contribution is 2.34. The predicted molar refractivity (Wildman–Crippen MR) is 236 cm³/mol. The summed E-state index contributed by atoms with van der Waals surface area (Å²) in [6, 6.07) is 25.6. The Morgan fingerprint density at radius 1 is 0.429 bits per heavy atom. The van der Waals surface area contributed by atoms with Gasteiger partial charge in [0.05, 0.1) is 43.8 Å². The maximum Gasteiger partial charge on any atom is 0.857 e. The zero-order valence-electron chi connectivity index (χ0n) is 35.5. The molecule has 0 bridgehead atoms. The number of hydrogen-bond acceptors (Lipinski definition) is 2. The zero-order valence-corrected chi connectivity index (χ0v) is 40.6. The first-order chi connectivity index (χ1) is 23.2. The average molecular weight is 755 g/mol. The van der Waals surface area contributed by atoms with Gasteiger partial charge in [-0.2, -0.15) is 0 Å². The Bertz CT molecular complexity index is 1100. The van der Waals surface area contributed by atoms with E-state index >= 15 is 0 Å². The van der Waals surface area contributed by atoms with Gasteiger partial charge in [-0.05, 0) is 39.9 Å². The number of hydrogen-bond donors (Lipinski definition) is 0. The molecule has 0 spiro atoms. The fraction of sp³-hybridized carbons (Fsp3) is 0.714. The van der Waals surface area contributed by atoms with E-state index in [1.54, 1.807) is 20.7 Å². The fourth-order valence-electron chi connectivity index (χ4n) is 9.43. The van der Waals surface area contributed by atoms with E-state index < -0.39 is 47.1 Å².